The van der Waals surface area contributed by atoms with Crippen molar-refractivity contribution >= 4 is 0 Å². The Bertz CT molecular complexity index is 256. The van der Waals surface area contributed by atoms with Crippen LogP contribution in [0.3, 0.4) is 0 Å². The lowest BCUT2D eigenvalue weighted by atomic mass is 10.1. The molecule has 1 aliphatic carbocycles. The molecule has 0 amide bonds. The number of hydrogen-bond donors (Lipinski definition) is 1. The summed E-state index contributed by atoms with van der Waals surface area (Å²) in [7, 11) is 0. The van der Waals surface area contributed by atoms with Crippen LogP contribution in [0.2, 0.25) is 0 Å². The number of hydrogen-bond acceptors (Lipinski definition) is 3. The van der Waals surface area contributed by atoms with Crippen LogP contribution in [-0.4, -0.2) is 56.5 Å². The van der Waals surface area contributed by atoms with Crippen molar-refractivity contribution in [1.82, 2.24) is 10.2 Å². The maximum absolute atomic E-state index is 11.9. The van der Waals surface area contributed by atoms with Crippen molar-refractivity contribution in [1.29, 1.82) is 0 Å². The average molecular weight is 266 g/mol. The molecule has 0 spiro atoms. The second-order valence-electron chi connectivity index (χ2n) is 5.31. The van der Waals surface area contributed by atoms with Gasteiger partial charge in [-0.3, -0.25) is 0 Å². The van der Waals surface area contributed by atoms with E-state index in [0.717, 1.165) is 32.1 Å². The molecule has 2 fully saturated rings. The third-order valence-corrected chi connectivity index (χ3v) is 3.46. The fraction of sp³-hybridized carbons (Fsp3) is 1.00. The van der Waals surface area contributed by atoms with E-state index in [0.29, 0.717) is 12.5 Å². The molecule has 0 aromatic carbocycles. The smallest absolute Gasteiger partial charge is 0.371 e. The van der Waals surface area contributed by atoms with E-state index in [4.69, 9.17) is 0 Å². The van der Waals surface area contributed by atoms with Crippen LogP contribution in [0.25, 0.3) is 0 Å². The zero-order valence-corrected chi connectivity index (χ0v) is 10.5. The second kappa shape index (κ2) is 6.21. The van der Waals surface area contributed by atoms with E-state index in [2.05, 4.69) is 15.0 Å². The lowest BCUT2D eigenvalue weighted by Gasteiger charge is -2.16. The molecule has 1 heterocycles. The van der Waals surface area contributed by atoms with Gasteiger partial charge in [-0.25, -0.2) is 0 Å². The van der Waals surface area contributed by atoms with Gasteiger partial charge in [0, 0.05) is 19.1 Å². The van der Waals surface area contributed by atoms with Crippen LogP contribution >= 0.6 is 0 Å². The predicted octanol–water partition coefficient (Wildman–Crippen LogP) is 1.64. The summed E-state index contributed by atoms with van der Waals surface area (Å²) in [5.74, 6) is 0.646. The SMILES string of the molecule is FC(F)(F)COCCN1CCC(CNC2CC2)C1. The van der Waals surface area contributed by atoms with Crippen LogP contribution in [0, 0.1) is 5.92 Å². The van der Waals surface area contributed by atoms with Crippen LogP contribution in [0.1, 0.15) is 19.3 Å². The Hall–Kier alpha value is -0.330. The highest BCUT2D eigenvalue weighted by atomic mass is 19.4. The van der Waals surface area contributed by atoms with E-state index in [1.165, 1.54) is 12.8 Å². The van der Waals surface area contributed by atoms with E-state index in [1.807, 2.05) is 0 Å². The summed E-state index contributed by atoms with van der Waals surface area (Å²) < 4.78 is 40.2. The van der Waals surface area contributed by atoms with Gasteiger partial charge in [-0.2, -0.15) is 13.2 Å². The molecule has 1 aliphatic heterocycles. The zero-order chi connectivity index (χ0) is 13.0. The molecule has 3 nitrogen and oxygen atoms in total. The van der Waals surface area contributed by atoms with E-state index in [1.54, 1.807) is 0 Å². The molecule has 1 atom stereocenters. The number of halogens is 3. The molecule has 0 aromatic rings. The maximum Gasteiger partial charge on any atom is 0.411 e. The molecule has 1 saturated carbocycles. The number of ether oxygens (including phenoxy) is 1. The normalized spacial score (nSPS) is 25.8. The summed E-state index contributed by atoms with van der Waals surface area (Å²) in [6, 6.07) is 0.731. The molecule has 1 saturated heterocycles. The monoisotopic (exact) mass is 266 g/mol. The van der Waals surface area contributed by atoms with Crippen LogP contribution in [0.5, 0.6) is 0 Å². The van der Waals surface area contributed by atoms with Gasteiger partial charge in [-0.05, 0) is 38.3 Å². The molecule has 2 aliphatic rings. The van der Waals surface area contributed by atoms with Crippen molar-refractivity contribution in [2.45, 2.75) is 31.5 Å². The Kier molecular flexibility index (Phi) is 4.86. The van der Waals surface area contributed by atoms with Gasteiger partial charge in [0.15, 0.2) is 0 Å². The van der Waals surface area contributed by atoms with E-state index >= 15 is 0 Å². The van der Waals surface area contributed by atoms with E-state index in [9.17, 15) is 13.2 Å². The largest absolute Gasteiger partial charge is 0.411 e. The van der Waals surface area contributed by atoms with Crippen molar-refractivity contribution in [3.8, 4) is 0 Å². The highest BCUT2D eigenvalue weighted by Crippen LogP contribution is 2.21. The molecule has 1 N–H and O–H groups in total. The van der Waals surface area contributed by atoms with Gasteiger partial charge in [0.05, 0.1) is 6.61 Å². The fourth-order valence-corrected chi connectivity index (χ4v) is 2.28. The Morgan fingerprint density at radius 3 is 2.67 bits per heavy atom. The summed E-state index contributed by atoms with van der Waals surface area (Å²) in [4.78, 5) is 2.19. The van der Waals surface area contributed by atoms with Crippen LogP contribution in [-0.2, 0) is 4.74 Å². The van der Waals surface area contributed by atoms with Crippen molar-refractivity contribution in [3.05, 3.63) is 0 Å². The van der Waals surface area contributed by atoms with Crippen LogP contribution < -0.4 is 5.32 Å². The summed E-state index contributed by atoms with van der Waals surface area (Å²) >= 11 is 0. The van der Waals surface area contributed by atoms with Crippen molar-refractivity contribution in [2.24, 2.45) is 5.92 Å². The highest BCUT2D eigenvalue weighted by Gasteiger charge is 2.28. The van der Waals surface area contributed by atoms with E-state index < -0.39 is 12.8 Å². The minimum Gasteiger partial charge on any atom is -0.371 e. The molecule has 106 valence electrons. The summed E-state index contributed by atoms with van der Waals surface area (Å²) in [6.07, 6.45) is -0.482. The maximum atomic E-state index is 11.9. The number of rotatable bonds is 7. The van der Waals surface area contributed by atoms with Gasteiger partial charge in [0.2, 0.25) is 0 Å². The molecule has 0 aromatic heterocycles. The number of nitrogens with one attached hydrogen (secondary N) is 1. The summed E-state index contributed by atoms with van der Waals surface area (Å²) in [5.41, 5.74) is 0. The highest BCUT2D eigenvalue weighted by molar-refractivity contribution is 4.84. The lowest BCUT2D eigenvalue weighted by molar-refractivity contribution is -0.174. The van der Waals surface area contributed by atoms with Gasteiger partial charge in [0.25, 0.3) is 0 Å². The van der Waals surface area contributed by atoms with Gasteiger partial charge >= 0.3 is 6.18 Å². The van der Waals surface area contributed by atoms with Crippen molar-refractivity contribution in [3.63, 3.8) is 0 Å². The van der Waals surface area contributed by atoms with Gasteiger partial charge in [-0.15, -0.1) is 0 Å². The Morgan fingerprint density at radius 2 is 2.00 bits per heavy atom. The molecule has 0 radical (unpaired) electrons. The lowest BCUT2D eigenvalue weighted by Crippen LogP contribution is -2.30. The first-order valence-corrected chi connectivity index (χ1v) is 6.63. The minimum absolute atomic E-state index is 0.169. The van der Waals surface area contributed by atoms with Gasteiger partial charge in [0.1, 0.15) is 6.61 Å². The molecule has 6 heteroatoms. The summed E-state index contributed by atoms with van der Waals surface area (Å²) in [6.45, 7) is 2.65. The fourth-order valence-electron chi connectivity index (χ4n) is 2.28. The third-order valence-electron chi connectivity index (χ3n) is 3.46. The molecular weight excluding hydrogens is 245 g/mol. The number of nitrogens with zero attached hydrogens (tertiary/aromatic N) is 1. The topological polar surface area (TPSA) is 24.5 Å². The number of likely N-dealkylation sites (tertiary alicyclic amines) is 1. The Balaban J connectivity index is 1.49. The van der Waals surface area contributed by atoms with Crippen LogP contribution in [0.4, 0.5) is 13.2 Å². The van der Waals surface area contributed by atoms with Gasteiger partial charge < -0.3 is 15.0 Å². The first-order chi connectivity index (χ1) is 8.53. The molecular formula is C12H21F3N2O. The first kappa shape index (κ1) is 14.1. The molecule has 1 unspecified atom stereocenters. The van der Waals surface area contributed by atoms with Gasteiger partial charge in [-0.1, -0.05) is 0 Å². The van der Waals surface area contributed by atoms with Crippen molar-refractivity contribution in [2.75, 3.05) is 39.4 Å². The first-order valence-electron chi connectivity index (χ1n) is 6.63. The minimum atomic E-state index is -4.21. The predicted molar refractivity (Wildman–Crippen MR) is 62.4 cm³/mol. The Labute approximate surface area is 106 Å². The Morgan fingerprint density at radius 1 is 1.22 bits per heavy atom. The standard InChI is InChI=1S/C12H21F3N2O/c13-12(14,15)9-18-6-5-17-4-3-10(8-17)7-16-11-1-2-11/h10-11,16H,1-9H2. The van der Waals surface area contributed by atoms with Crippen molar-refractivity contribution < 1.29 is 17.9 Å². The molecule has 2 rings (SSSR count). The second-order valence-corrected chi connectivity index (χ2v) is 5.31. The molecule has 18 heavy (non-hydrogen) atoms. The van der Waals surface area contributed by atoms with Crippen LogP contribution in [0.15, 0.2) is 0 Å². The third kappa shape index (κ3) is 5.54. The zero-order valence-electron chi connectivity index (χ0n) is 10.5. The van der Waals surface area contributed by atoms with E-state index in [-0.39, 0.29) is 6.61 Å². The average Bonchev–Trinajstić information content (AvgIpc) is 3.00. The quantitative estimate of drug-likeness (QED) is 0.709. The molecule has 0 bridgehead atoms. The summed E-state index contributed by atoms with van der Waals surface area (Å²) in [5, 5.41) is 3.50. The number of alkyl halides is 3.